The number of hydrogen-bond acceptors (Lipinski definition) is 4. The predicted molar refractivity (Wildman–Crippen MR) is 78.2 cm³/mol. The highest BCUT2D eigenvalue weighted by atomic mass is 79.9. The molecule has 0 aliphatic rings. The number of thiophene rings is 1. The van der Waals surface area contributed by atoms with Crippen LogP contribution in [0.4, 0.5) is 5.69 Å². The first-order chi connectivity index (χ1) is 8.63. The van der Waals surface area contributed by atoms with Crippen LogP contribution in [0.5, 0.6) is 0 Å². The van der Waals surface area contributed by atoms with Gasteiger partial charge in [0.15, 0.2) is 0 Å². The van der Waals surface area contributed by atoms with E-state index in [1.165, 1.54) is 9.56 Å². The molecule has 4 nitrogen and oxygen atoms in total. The number of nitrogens with zero attached hydrogens (tertiary/aromatic N) is 2. The van der Waals surface area contributed by atoms with Gasteiger partial charge < -0.3 is 5.32 Å². The van der Waals surface area contributed by atoms with E-state index in [4.69, 9.17) is 0 Å². The molecule has 1 unspecified atom stereocenters. The van der Waals surface area contributed by atoms with E-state index in [9.17, 15) is 4.79 Å². The lowest BCUT2D eigenvalue weighted by atomic mass is 10.2. The molecule has 0 bridgehead atoms. The second-order valence-electron chi connectivity index (χ2n) is 3.87. The van der Waals surface area contributed by atoms with Crippen LogP contribution in [0, 0.1) is 0 Å². The normalized spacial score (nSPS) is 12.4. The molecule has 96 valence electrons. The third-order valence-corrected chi connectivity index (χ3v) is 4.45. The minimum Gasteiger partial charge on any atom is -0.375 e. The van der Waals surface area contributed by atoms with E-state index in [2.05, 4.69) is 39.3 Å². The van der Waals surface area contributed by atoms with Gasteiger partial charge in [0, 0.05) is 11.4 Å². The lowest BCUT2D eigenvalue weighted by Crippen LogP contribution is -2.24. The Labute approximate surface area is 118 Å². The second-order valence-corrected chi connectivity index (χ2v) is 5.65. The zero-order valence-electron chi connectivity index (χ0n) is 10.2. The molecule has 0 aromatic carbocycles. The Balaban J connectivity index is 2.25. The average molecular weight is 328 g/mol. The number of halogens is 1. The lowest BCUT2D eigenvalue weighted by molar-refractivity contribution is 0.612. The van der Waals surface area contributed by atoms with Gasteiger partial charge in [-0.3, -0.25) is 4.79 Å². The van der Waals surface area contributed by atoms with E-state index in [-0.39, 0.29) is 11.6 Å². The van der Waals surface area contributed by atoms with Crippen molar-refractivity contribution >= 4 is 33.0 Å². The molecule has 0 amide bonds. The van der Waals surface area contributed by atoms with Crippen LogP contribution in [0.2, 0.25) is 0 Å². The highest BCUT2D eigenvalue weighted by Gasteiger charge is 2.12. The van der Waals surface area contributed by atoms with Crippen LogP contribution in [0.25, 0.3) is 0 Å². The minimum absolute atomic E-state index is 0.110. The van der Waals surface area contributed by atoms with Crippen molar-refractivity contribution in [3.05, 3.63) is 43.4 Å². The Morgan fingerprint density at radius 1 is 1.61 bits per heavy atom. The predicted octanol–water partition coefficient (Wildman–Crippen LogP) is 3.26. The molecule has 18 heavy (non-hydrogen) atoms. The Morgan fingerprint density at radius 2 is 2.39 bits per heavy atom. The second kappa shape index (κ2) is 5.67. The van der Waals surface area contributed by atoms with E-state index in [1.54, 1.807) is 17.5 Å². The van der Waals surface area contributed by atoms with Crippen molar-refractivity contribution in [2.45, 2.75) is 26.4 Å². The van der Waals surface area contributed by atoms with Crippen LogP contribution >= 0.6 is 27.3 Å². The maximum absolute atomic E-state index is 11.9. The number of anilines is 1. The Kier molecular flexibility index (Phi) is 4.19. The smallest absolute Gasteiger partial charge is 0.283 e. The summed E-state index contributed by atoms with van der Waals surface area (Å²) < 4.78 is 1.95. The summed E-state index contributed by atoms with van der Waals surface area (Å²) in [5.74, 6) is 0. The van der Waals surface area contributed by atoms with Crippen LogP contribution in [0.15, 0.2) is 33.0 Å². The van der Waals surface area contributed by atoms with Crippen molar-refractivity contribution in [1.82, 2.24) is 9.78 Å². The fourth-order valence-electron chi connectivity index (χ4n) is 1.63. The number of aryl methyl sites for hydroxylation is 1. The van der Waals surface area contributed by atoms with Gasteiger partial charge in [-0.05, 0) is 41.2 Å². The van der Waals surface area contributed by atoms with E-state index in [1.807, 2.05) is 18.4 Å². The first-order valence-electron chi connectivity index (χ1n) is 5.69. The first kappa shape index (κ1) is 13.3. The summed E-state index contributed by atoms with van der Waals surface area (Å²) >= 11 is 5.02. The van der Waals surface area contributed by atoms with Gasteiger partial charge in [-0.15, -0.1) is 11.3 Å². The van der Waals surface area contributed by atoms with Crippen LogP contribution in [0.3, 0.4) is 0 Å². The first-order valence-corrected chi connectivity index (χ1v) is 7.36. The average Bonchev–Trinajstić information content (AvgIpc) is 2.89. The highest BCUT2D eigenvalue weighted by molar-refractivity contribution is 9.10. The van der Waals surface area contributed by atoms with Gasteiger partial charge in [0.2, 0.25) is 0 Å². The maximum Gasteiger partial charge on any atom is 0.283 e. The van der Waals surface area contributed by atoms with Crippen LogP contribution in [-0.4, -0.2) is 9.78 Å². The third-order valence-electron chi connectivity index (χ3n) is 2.63. The summed E-state index contributed by atoms with van der Waals surface area (Å²) in [6.45, 7) is 4.52. The molecule has 6 heteroatoms. The zero-order valence-corrected chi connectivity index (χ0v) is 12.6. The summed E-state index contributed by atoms with van der Waals surface area (Å²) in [5.41, 5.74) is 0.617. The molecule has 2 heterocycles. The molecule has 0 saturated carbocycles. The van der Waals surface area contributed by atoms with Crippen molar-refractivity contribution < 1.29 is 0 Å². The molecule has 1 N–H and O–H groups in total. The summed E-state index contributed by atoms with van der Waals surface area (Å²) in [6, 6.07) is 4.23. The largest absolute Gasteiger partial charge is 0.375 e. The fourth-order valence-corrected chi connectivity index (χ4v) is 2.79. The van der Waals surface area contributed by atoms with E-state index < -0.39 is 0 Å². The van der Waals surface area contributed by atoms with Crippen LogP contribution in [-0.2, 0) is 6.54 Å². The highest BCUT2D eigenvalue weighted by Crippen LogP contribution is 2.25. The van der Waals surface area contributed by atoms with Gasteiger partial charge in [0.1, 0.15) is 4.47 Å². The standard InChI is InChI=1S/C12H14BrN3OS/c1-3-16-12(17)11(13)9(7-14-16)15-8(2)10-5-4-6-18-10/h4-8,15H,3H2,1-2H3. The van der Waals surface area contributed by atoms with Gasteiger partial charge in [-0.2, -0.15) is 5.10 Å². The van der Waals surface area contributed by atoms with Crippen molar-refractivity contribution in [3.8, 4) is 0 Å². The maximum atomic E-state index is 11.9. The van der Waals surface area contributed by atoms with E-state index in [0.717, 1.165) is 5.69 Å². The molecular formula is C12H14BrN3OS. The molecule has 0 fully saturated rings. The molecule has 0 radical (unpaired) electrons. The minimum atomic E-state index is -0.110. The summed E-state index contributed by atoms with van der Waals surface area (Å²) in [7, 11) is 0. The van der Waals surface area contributed by atoms with Crippen molar-refractivity contribution in [1.29, 1.82) is 0 Å². The third kappa shape index (κ3) is 2.64. The van der Waals surface area contributed by atoms with Crippen LogP contribution in [0.1, 0.15) is 24.8 Å². The molecule has 0 spiro atoms. The van der Waals surface area contributed by atoms with Gasteiger partial charge in [-0.25, -0.2) is 4.68 Å². The van der Waals surface area contributed by atoms with Crippen molar-refractivity contribution in [2.24, 2.45) is 0 Å². The van der Waals surface area contributed by atoms with Gasteiger partial charge in [0.05, 0.1) is 17.9 Å². The lowest BCUT2D eigenvalue weighted by Gasteiger charge is -2.15. The number of rotatable bonds is 4. The molecule has 0 aliphatic carbocycles. The quantitative estimate of drug-likeness (QED) is 0.937. The van der Waals surface area contributed by atoms with Crippen molar-refractivity contribution in [2.75, 3.05) is 5.32 Å². The fraction of sp³-hybridized carbons (Fsp3) is 0.333. The van der Waals surface area contributed by atoms with E-state index >= 15 is 0 Å². The number of nitrogens with one attached hydrogen (secondary N) is 1. The van der Waals surface area contributed by atoms with Gasteiger partial charge in [-0.1, -0.05) is 6.07 Å². The molecule has 2 aromatic rings. The Morgan fingerprint density at radius 3 is 3.00 bits per heavy atom. The molecule has 2 rings (SSSR count). The number of hydrogen-bond donors (Lipinski definition) is 1. The monoisotopic (exact) mass is 327 g/mol. The van der Waals surface area contributed by atoms with Gasteiger partial charge in [0.25, 0.3) is 5.56 Å². The molecule has 0 aliphatic heterocycles. The summed E-state index contributed by atoms with van der Waals surface area (Å²) in [6.07, 6.45) is 1.68. The van der Waals surface area contributed by atoms with E-state index in [0.29, 0.717) is 11.0 Å². The zero-order chi connectivity index (χ0) is 13.1. The molecule has 0 saturated heterocycles. The SMILES string of the molecule is CCn1ncc(NC(C)c2cccs2)c(Br)c1=O. The topological polar surface area (TPSA) is 46.9 Å². The summed E-state index contributed by atoms with van der Waals surface area (Å²) in [4.78, 5) is 13.1. The van der Waals surface area contributed by atoms with Crippen LogP contribution < -0.4 is 10.9 Å². The molecule has 1 atom stereocenters. The van der Waals surface area contributed by atoms with Crippen molar-refractivity contribution in [3.63, 3.8) is 0 Å². The van der Waals surface area contributed by atoms with Gasteiger partial charge >= 0.3 is 0 Å². The molecule has 2 aromatic heterocycles. The Bertz CT molecular complexity index is 580. The molecular weight excluding hydrogens is 314 g/mol. The Hall–Kier alpha value is -1.14. The summed E-state index contributed by atoms with van der Waals surface area (Å²) in [5, 5.41) is 9.44. The number of aromatic nitrogens is 2.